The van der Waals surface area contributed by atoms with Crippen molar-refractivity contribution in [3.05, 3.63) is 76.6 Å². The first-order chi connectivity index (χ1) is 14.1. The van der Waals surface area contributed by atoms with Crippen molar-refractivity contribution in [3.63, 3.8) is 0 Å². The van der Waals surface area contributed by atoms with Crippen LogP contribution in [-0.4, -0.2) is 25.0 Å². The standard InChI is InChI=1S/C23H18ClNO3S/c1-2-25(18-12-7-9-15-8-3-4-10-16(15)18)20(26)14-28-23(27)22-21(24)17-11-5-6-13-19(17)29-22/h3-13H,2,14H2,1H3. The Kier molecular flexibility index (Phi) is 5.51. The molecule has 0 unspecified atom stereocenters. The van der Waals surface area contributed by atoms with E-state index in [2.05, 4.69) is 0 Å². The highest BCUT2D eigenvalue weighted by Crippen LogP contribution is 2.35. The van der Waals surface area contributed by atoms with Crippen LogP contribution in [0.25, 0.3) is 20.9 Å². The molecule has 0 aliphatic rings. The van der Waals surface area contributed by atoms with Crippen molar-refractivity contribution in [2.45, 2.75) is 6.92 Å². The lowest BCUT2D eigenvalue weighted by molar-refractivity contribution is -0.121. The molecule has 0 aliphatic heterocycles. The van der Waals surface area contributed by atoms with Crippen LogP contribution in [0.4, 0.5) is 5.69 Å². The number of hydrogen-bond acceptors (Lipinski definition) is 4. The third-order valence-corrected chi connectivity index (χ3v) is 6.38. The van der Waals surface area contributed by atoms with Gasteiger partial charge in [0.1, 0.15) is 4.88 Å². The van der Waals surface area contributed by atoms with Gasteiger partial charge in [-0.3, -0.25) is 4.79 Å². The highest BCUT2D eigenvalue weighted by molar-refractivity contribution is 7.21. The summed E-state index contributed by atoms with van der Waals surface area (Å²) in [5, 5.41) is 3.20. The van der Waals surface area contributed by atoms with Crippen LogP contribution in [0.2, 0.25) is 5.02 Å². The zero-order valence-corrected chi connectivity index (χ0v) is 17.3. The number of amides is 1. The third-order valence-electron chi connectivity index (χ3n) is 4.72. The van der Waals surface area contributed by atoms with Crippen LogP contribution in [0.15, 0.2) is 66.7 Å². The number of nitrogens with zero attached hydrogens (tertiary/aromatic N) is 1. The van der Waals surface area contributed by atoms with E-state index in [0.29, 0.717) is 16.4 Å². The zero-order chi connectivity index (χ0) is 20.4. The Balaban J connectivity index is 1.53. The van der Waals surface area contributed by atoms with Crippen LogP contribution < -0.4 is 4.90 Å². The quantitative estimate of drug-likeness (QED) is 0.374. The molecule has 6 heteroatoms. The van der Waals surface area contributed by atoms with Gasteiger partial charge in [-0.25, -0.2) is 4.79 Å². The highest BCUT2D eigenvalue weighted by atomic mass is 35.5. The molecule has 0 bridgehead atoms. The van der Waals surface area contributed by atoms with E-state index in [0.717, 1.165) is 26.5 Å². The first kappa shape index (κ1) is 19.4. The number of halogens is 1. The van der Waals surface area contributed by atoms with E-state index in [4.69, 9.17) is 16.3 Å². The Hall–Kier alpha value is -2.89. The number of rotatable bonds is 5. The Morgan fingerprint density at radius 2 is 1.66 bits per heavy atom. The molecule has 1 heterocycles. The number of carbonyl (C=O) groups excluding carboxylic acids is 2. The van der Waals surface area contributed by atoms with Gasteiger partial charge in [0, 0.05) is 22.0 Å². The van der Waals surface area contributed by atoms with Gasteiger partial charge in [-0.1, -0.05) is 66.2 Å². The highest BCUT2D eigenvalue weighted by Gasteiger charge is 2.22. The van der Waals surface area contributed by atoms with E-state index in [-0.39, 0.29) is 12.5 Å². The molecule has 0 aliphatic carbocycles. The number of thiophene rings is 1. The van der Waals surface area contributed by atoms with E-state index in [1.807, 2.05) is 73.7 Å². The molecule has 1 aromatic heterocycles. The van der Waals surface area contributed by atoms with Gasteiger partial charge in [0.05, 0.1) is 10.7 Å². The predicted octanol–water partition coefficient (Wildman–Crippen LogP) is 5.92. The minimum Gasteiger partial charge on any atom is -0.451 e. The summed E-state index contributed by atoms with van der Waals surface area (Å²) in [7, 11) is 0. The predicted molar refractivity (Wildman–Crippen MR) is 119 cm³/mol. The second-order valence-electron chi connectivity index (χ2n) is 6.45. The topological polar surface area (TPSA) is 46.6 Å². The SMILES string of the molecule is CCN(C(=O)COC(=O)c1sc2ccccc2c1Cl)c1cccc2ccccc12. The van der Waals surface area contributed by atoms with Crippen LogP contribution in [0.5, 0.6) is 0 Å². The second-order valence-corrected chi connectivity index (χ2v) is 7.88. The maximum atomic E-state index is 12.8. The molecular formula is C23H18ClNO3S. The number of hydrogen-bond donors (Lipinski definition) is 0. The monoisotopic (exact) mass is 423 g/mol. The summed E-state index contributed by atoms with van der Waals surface area (Å²) in [6.07, 6.45) is 0. The Morgan fingerprint density at radius 3 is 2.41 bits per heavy atom. The normalized spacial score (nSPS) is 11.0. The molecule has 146 valence electrons. The fourth-order valence-corrected chi connectivity index (χ4v) is 4.74. The van der Waals surface area contributed by atoms with Crippen molar-refractivity contribution >= 4 is 61.4 Å². The molecule has 0 N–H and O–H groups in total. The molecule has 3 aromatic carbocycles. The molecule has 4 rings (SSSR count). The summed E-state index contributed by atoms with van der Waals surface area (Å²) < 4.78 is 6.22. The Labute approximate surface area is 177 Å². The molecular weight excluding hydrogens is 406 g/mol. The Morgan fingerprint density at radius 1 is 0.966 bits per heavy atom. The average molecular weight is 424 g/mol. The van der Waals surface area contributed by atoms with Crippen LogP contribution in [0.1, 0.15) is 16.6 Å². The van der Waals surface area contributed by atoms with Crippen molar-refractivity contribution in [1.29, 1.82) is 0 Å². The van der Waals surface area contributed by atoms with Crippen LogP contribution in [0, 0.1) is 0 Å². The van der Waals surface area contributed by atoms with Gasteiger partial charge in [-0.15, -0.1) is 11.3 Å². The molecule has 1 amide bonds. The van der Waals surface area contributed by atoms with Gasteiger partial charge in [0.15, 0.2) is 6.61 Å². The maximum absolute atomic E-state index is 12.8. The molecule has 0 spiro atoms. The number of esters is 1. The summed E-state index contributed by atoms with van der Waals surface area (Å²) in [5.41, 5.74) is 0.798. The first-order valence-electron chi connectivity index (χ1n) is 9.22. The minimum absolute atomic E-state index is 0.283. The average Bonchev–Trinajstić information content (AvgIpc) is 3.09. The van der Waals surface area contributed by atoms with Crippen LogP contribution in [0.3, 0.4) is 0 Å². The van der Waals surface area contributed by atoms with E-state index < -0.39 is 5.97 Å². The lowest BCUT2D eigenvalue weighted by Crippen LogP contribution is -2.34. The van der Waals surface area contributed by atoms with E-state index in [9.17, 15) is 9.59 Å². The lowest BCUT2D eigenvalue weighted by Gasteiger charge is -2.22. The maximum Gasteiger partial charge on any atom is 0.350 e. The number of anilines is 1. The summed E-state index contributed by atoms with van der Waals surface area (Å²) in [5.74, 6) is -0.868. The summed E-state index contributed by atoms with van der Waals surface area (Å²) in [4.78, 5) is 27.3. The number of ether oxygens (including phenoxy) is 1. The lowest BCUT2D eigenvalue weighted by atomic mass is 10.1. The van der Waals surface area contributed by atoms with E-state index in [1.54, 1.807) is 4.90 Å². The molecule has 4 nitrogen and oxygen atoms in total. The minimum atomic E-state index is -0.585. The van der Waals surface area contributed by atoms with Crippen molar-refractivity contribution in [2.24, 2.45) is 0 Å². The fraction of sp³-hybridized carbons (Fsp3) is 0.130. The van der Waals surface area contributed by atoms with Gasteiger partial charge in [0.25, 0.3) is 5.91 Å². The number of fused-ring (bicyclic) bond motifs is 2. The Bertz CT molecular complexity index is 1210. The molecule has 0 saturated heterocycles. The summed E-state index contributed by atoms with van der Waals surface area (Å²) >= 11 is 7.60. The summed E-state index contributed by atoms with van der Waals surface area (Å²) in [6.45, 7) is 2.01. The molecule has 4 aromatic rings. The largest absolute Gasteiger partial charge is 0.451 e. The van der Waals surface area contributed by atoms with Gasteiger partial charge in [-0.05, 0) is 24.4 Å². The zero-order valence-electron chi connectivity index (χ0n) is 15.7. The van der Waals surface area contributed by atoms with Gasteiger partial charge in [0.2, 0.25) is 0 Å². The van der Waals surface area contributed by atoms with Gasteiger partial charge in [-0.2, -0.15) is 0 Å². The number of benzene rings is 3. The first-order valence-corrected chi connectivity index (χ1v) is 10.4. The molecule has 0 fully saturated rings. The van der Waals surface area contributed by atoms with Gasteiger partial charge < -0.3 is 9.64 Å². The van der Waals surface area contributed by atoms with Gasteiger partial charge >= 0.3 is 5.97 Å². The van der Waals surface area contributed by atoms with E-state index in [1.165, 1.54) is 11.3 Å². The third kappa shape index (κ3) is 3.71. The molecule has 0 saturated carbocycles. The van der Waals surface area contributed by atoms with E-state index >= 15 is 0 Å². The van der Waals surface area contributed by atoms with Crippen molar-refractivity contribution in [3.8, 4) is 0 Å². The molecule has 29 heavy (non-hydrogen) atoms. The molecule has 0 atom stereocenters. The fourth-order valence-electron chi connectivity index (χ4n) is 3.34. The summed E-state index contributed by atoms with van der Waals surface area (Å²) in [6, 6.07) is 21.2. The van der Waals surface area contributed by atoms with Crippen molar-refractivity contribution < 1.29 is 14.3 Å². The van der Waals surface area contributed by atoms with Crippen LogP contribution in [-0.2, 0) is 9.53 Å². The number of likely N-dealkylation sites (N-methyl/N-ethyl adjacent to an activating group) is 1. The van der Waals surface area contributed by atoms with Crippen molar-refractivity contribution in [1.82, 2.24) is 0 Å². The van der Waals surface area contributed by atoms with Crippen LogP contribution >= 0.6 is 22.9 Å². The van der Waals surface area contributed by atoms with Crippen molar-refractivity contribution in [2.75, 3.05) is 18.1 Å². The second kappa shape index (κ2) is 8.23. The smallest absolute Gasteiger partial charge is 0.350 e. The molecule has 0 radical (unpaired) electrons. The number of carbonyl (C=O) groups is 2.